The van der Waals surface area contributed by atoms with E-state index in [1.54, 1.807) is 16.7 Å². The van der Waals surface area contributed by atoms with E-state index in [-0.39, 0.29) is 24.9 Å². The van der Waals surface area contributed by atoms with Crippen LogP contribution in [0.15, 0.2) is 24.3 Å². The first-order chi connectivity index (χ1) is 9.99. The largest absolute Gasteiger partial charge is 0.387 e. The van der Waals surface area contributed by atoms with E-state index in [9.17, 15) is 9.90 Å². The number of halogens is 1. The first-order valence-electron chi connectivity index (χ1n) is 7.27. The minimum atomic E-state index is -0.678. The number of hydrogen-bond donors (Lipinski definition) is 2. The summed E-state index contributed by atoms with van der Waals surface area (Å²) in [7, 11) is 0. The van der Waals surface area contributed by atoms with E-state index in [1.807, 2.05) is 44.4 Å². The number of nitrogens with zero attached hydrogens (tertiary/aromatic N) is 1. The highest BCUT2D eigenvalue weighted by Crippen LogP contribution is 2.16. The number of aryl methyl sites for hydroxylation is 1. The minimum absolute atomic E-state index is 0. The average Bonchev–Trinajstić information content (AvgIpc) is 2.49. The molecule has 1 amide bonds. The Balaban J connectivity index is 0.00000441. The van der Waals surface area contributed by atoms with E-state index in [1.165, 1.54) is 0 Å². The molecule has 6 heteroatoms. The van der Waals surface area contributed by atoms with Gasteiger partial charge in [0.1, 0.15) is 0 Å². The summed E-state index contributed by atoms with van der Waals surface area (Å²) in [5.74, 6) is 0.781. The van der Waals surface area contributed by atoms with Crippen LogP contribution in [0.4, 0.5) is 0 Å². The highest BCUT2D eigenvalue weighted by molar-refractivity contribution is 7.98. The first kappa shape index (κ1) is 21.2. The molecule has 0 spiro atoms. The summed E-state index contributed by atoms with van der Waals surface area (Å²) < 4.78 is 0. The molecule has 126 valence electrons. The molecule has 0 bridgehead atoms. The van der Waals surface area contributed by atoms with Gasteiger partial charge in [-0.2, -0.15) is 11.8 Å². The lowest BCUT2D eigenvalue weighted by molar-refractivity contribution is -0.133. The van der Waals surface area contributed by atoms with Gasteiger partial charge in [0.05, 0.1) is 18.7 Å². The number of thioether (sulfide) groups is 1. The zero-order valence-corrected chi connectivity index (χ0v) is 15.1. The molecule has 1 aromatic rings. The number of rotatable bonds is 8. The predicted molar refractivity (Wildman–Crippen MR) is 96.6 cm³/mol. The molecule has 0 aromatic heterocycles. The van der Waals surface area contributed by atoms with E-state index >= 15 is 0 Å². The Morgan fingerprint density at radius 3 is 2.45 bits per heavy atom. The van der Waals surface area contributed by atoms with Gasteiger partial charge < -0.3 is 15.7 Å². The third-order valence-electron chi connectivity index (χ3n) is 3.50. The van der Waals surface area contributed by atoms with Crippen molar-refractivity contribution in [3.8, 4) is 0 Å². The second-order valence-electron chi connectivity index (χ2n) is 5.19. The molecule has 4 nitrogen and oxygen atoms in total. The van der Waals surface area contributed by atoms with Gasteiger partial charge >= 0.3 is 0 Å². The Labute approximate surface area is 143 Å². The third kappa shape index (κ3) is 6.57. The highest BCUT2D eigenvalue weighted by atomic mass is 35.5. The SMILES string of the molecule is CCN(CC(O)c1ccc(C)cc1)C(=O)[C@@H](N)CCSC.Cl. The molecule has 0 fully saturated rings. The molecular formula is C16H27ClN2O2S. The smallest absolute Gasteiger partial charge is 0.239 e. The second kappa shape index (κ2) is 10.9. The van der Waals surface area contributed by atoms with Crippen molar-refractivity contribution in [3.05, 3.63) is 35.4 Å². The van der Waals surface area contributed by atoms with Gasteiger partial charge in [-0.05, 0) is 37.8 Å². The summed E-state index contributed by atoms with van der Waals surface area (Å²) in [6, 6.07) is 7.22. The van der Waals surface area contributed by atoms with Crippen molar-refractivity contribution < 1.29 is 9.90 Å². The number of hydrogen-bond acceptors (Lipinski definition) is 4. The van der Waals surface area contributed by atoms with Gasteiger partial charge in [0.2, 0.25) is 5.91 Å². The van der Waals surface area contributed by atoms with Crippen LogP contribution in [0.2, 0.25) is 0 Å². The Hall–Kier alpha value is -0.750. The van der Waals surface area contributed by atoms with Crippen LogP contribution in [0.5, 0.6) is 0 Å². The van der Waals surface area contributed by atoms with E-state index in [2.05, 4.69) is 0 Å². The number of benzene rings is 1. The van der Waals surface area contributed by atoms with Crippen LogP contribution in [-0.2, 0) is 4.79 Å². The summed E-state index contributed by atoms with van der Waals surface area (Å²) in [4.78, 5) is 13.9. The Kier molecular flexibility index (Phi) is 10.5. The number of likely N-dealkylation sites (N-methyl/N-ethyl adjacent to an activating group) is 1. The molecule has 0 heterocycles. The molecule has 0 aliphatic heterocycles. The second-order valence-corrected chi connectivity index (χ2v) is 6.18. The topological polar surface area (TPSA) is 66.6 Å². The van der Waals surface area contributed by atoms with Crippen molar-refractivity contribution >= 4 is 30.1 Å². The van der Waals surface area contributed by atoms with Crippen LogP contribution >= 0.6 is 24.2 Å². The summed E-state index contributed by atoms with van der Waals surface area (Å²) in [6.45, 7) is 4.74. The van der Waals surface area contributed by atoms with Gasteiger partial charge in [-0.1, -0.05) is 29.8 Å². The van der Waals surface area contributed by atoms with Gasteiger partial charge in [-0.3, -0.25) is 4.79 Å². The zero-order valence-electron chi connectivity index (χ0n) is 13.5. The van der Waals surface area contributed by atoms with E-state index < -0.39 is 12.1 Å². The van der Waals surface area contributed by atoms with Crippen LogP contribution in [0, 0.1) is 6.92 Å². The molecule has 0 saturated heterocycles. The summed E-state index contributed by atoms with van der Waals surface area (Å²) in [5.41, 5.74) is 7.90. The number of amides is 1. The first-order valence-corrected chi connectivity index (χ1v) is 8.66. The van der Waals surface area contributed by atoms with Crippen LogP contribution in [0.3, 0.4) is 0 Å². The van der Waals surface area contributed by atoms with Gasteiger partial charge in [-0.25, -0.2) is 0 Å². The monoisotopic (exact) mass is 346 g/mol. The van der Waals surface area contributed by atoms with E-state index in [0.29, 0.717) is 13.0 Å². The maximum Gasteiger partial charge on any atom is 0.239 e. The molecule has 22 heavy (non-hydrogen) atoms. The maximum absolute atomic E-state index is 12.3. The van der Waals surface area contributed by atoms with Crippen LogP contribution < -0.4 is 5.73 Å². The van der Waals surface area contributed by atoms with Crippen molar-refractivity contribution in [1.82, 2.24) is 4.90 Å². The fourth-order valence-corrected chi connectivity index (χ4v) is 2.57. The summed E-state index contributed by atoms with van der Waals surface area (Å²) in [6.07, 6.45) is 1.98. The molecule has 0 aliphatic carbocycles. The summed E-state index contributed by atoms with van der Waals surface area (Å²) in [5, 5.41) is 10.3. The van der Waals surface area contributed by atoms with Crippen molar-refractivity contribution in [2.45, 2.75) is 32.4 Å². The van der Waals surface area contributed by atoms with Crippen molar-refractivity contribution in [2.24, 2.45) is 5.73 Å². The number of aliphatic hydroxyl groups excluding tert-OH is 1. The summed E-state index contributed by atoms with van der Waals surface area (Å²) >= 11 is 1.68. The van der Waals surface area contributed by atoms with Gasteiger partial charge in [0.25, 0.3) is 0 Å². The zero-order chi connectivity index (χ0) is 15.8. The number of carbonyl (C=O) groups is 1. The molecule has 2 atom stereocenters. The van der Waals surface area contributed by atoms with Crippen molar-refractivity contribution in [1.29, 1.82) is 0 Å². The Morgan fingerprint density at radius 2 is 1.95 bits per heavy atom. The van der Waals surface area contributed by atoms with Gasteiger partial charge in [0, 0.05) is 6.54 Å². The third-order valence-corrected chi connectivity index (χ3v) is 4.14. The molecule has 3 N–H and O–H groups in total. The van der Waals surface area contributed by atoms with Crippen LogP contribution in [0.25, 0.3) is 0 Å². The van der Waals surface area contributed by atoms with Crippen molar-refractivity contribution in [2.75, 3.05) is 25.1 Å². The molecule has 0 radical (unpaired) electrons. The molecular weight excluding hydrogens is 320 g/mol. The molecule has 1 aromatic carbocycles. The number of aliphatic hydroxyl groups is 1. The Bertz CT molecular complexity index is 442. The standard InChI is InChI=1S/C16H26N2O2S.ClH/c1-4-18(16(20)14(17)9-10-21-3)11-15(19)13-7-5-12(2)6-8-13;/h5-8,14-15,19H,4,9-11,17H2,1-3H3;1H/t14-,15?;/m0./s1. The molecule has 0 aliphatic rings. The van der Waals surface area contributed by atoms with Gasteiger partial charge in [-0.15, -0.1) is 12.4 Å². The highest BCUT2D eigenvalue weighted by Gasteiger charge is 2.22. The fraction of sp³-hybridized carbons (Fsp3) is 0.562. The lowest BCUT2D eigenvalue weighted by Crippen LogP contribution is -2.45. The molecule has 1 rings (SSSR count). The Morgan fingerprint density at radius 1 is 1.36 bits per heavy atom. The predicted octanol–water partition coefficient (Wildman–Crippen LogP) is 2.38. The lowest BCUT2D eigenvalue weighted by Gasteiger charge is -2.26. The fourth-order valence-electron chi connectivity index (χ4n) is 2.08. The normalized spacial score (nSPS) is 13.1. The molecule has 0 saturated carbocycles. The van der Waals surface area contributed by atoms with Crippen LogP contribution in [-0.4, -0.2) is 47.1 Å². The minimum Gasteiger partial charge on any atom is -0.387 e. The van der Waals surface area contributed by atoms with Crippen molar-refractivity contribution in [3.63, 3.8) is 0 Å². The lowest BCUT2D eigenvalue weighted by atomic mass is 10.1. The number of nitrogens with two attached hydrogens (primary N) is 1. The number of carbonyl (C=O) groups excluding carboxylic acids is 1. The quantitative estimate of drug-likeness (QED) is 0.758. The van der Waals surface area contributed by atoms with Crippen LogP contribution in [0.1, 0.15) is 30.6 Å². The van der Waals surface area contributed by atoms with E-state index in [4.69, 9.17) is 5.73 Å². The maximum atomic E-state index is 12.3. The van der Waals surface area contributed by atoms with Gasteiger partial charge in [0.15, 0.2) is 0 Å². The van der Waals surface area contributed by atoms with E-state index in [0.717, 1.165) is 16.9 Å². The molecule has 1 unspecified atom stereocenters. The average molecular weight is 347 g/mol.